The lowest BCUT2D eigenvalue weighted by atomic mass is 9.87. The van der Waals surface area contributed by atoms with Gasteiger partial charge in [-0.3, -0.25) is 0 Å². The third-order valence-corrected chi connectivity index (χ3v) is 4.25. The Kier molecular flexibility index (Phi) is 5.51. The molecule has 2 rings (SSSR count). The molecule has 0 atom stereocenters. The van der Waals surface area contributed by atoms with Gasteiger partial charge in [-0.1, -0.05) is 6.07 Å². The van der Waals surface area contributed by atoms with E-state index in [4.69, 9.17) is 5.11 Å². The maximum absolute atomic E-state index is 12.7. The molecule has 0 saturated heterocycles. The van der Waals surface area contributed by atoms with Crippen LogP contribution in [0.25, 0.3) is 0 Å². The second-order valence-electron chi connectivity index (χ2n) is 6.03. The maximum atomic E-state index is 12.7. The van der Waals surface area contributed by atoms with Crippen molar-refractivity contribution >= 4 is 11.7 Å². The van der Waals surface area contributed by atoms with Gasteiger partial charge in [0.2, 0.25) is 0 Å². The number of amides is 2. The molecule has 0 heterocycles. The van der Waals surface area contributed by atoms with Gasteiger partial charge in [-0.2, -0.15) is 13.2 Å². The molecular formula is C16H21F3N2O2. The van der Waals surface area contributed by atoms with Gasteiger partial charge < -0.3 is 15.7 Å². The molecule has 0 aliphatic heterocycles. The Hall–Kier alpha value is -1.76. The second kappa shape index (κ2) is 7.21. The van der Waals surface area contributed by atoms with Gasteiger partial charge >= 0.3 is 12.2 Å². The zero-order valence-corrected chi connectivity index (χ0v) is 12.9. The number of halogens is 3. The smallest absolute Gasteiger partial charge is 0.396 e. The standard InChI is InChI=1S/C16H21F3N2O2/c1-10-2-5-12(16(17,18)19)8-14(10)21-15(23)20-13-6-3-11(9-22)4-7-13/h2,5,8,11,13,22H,3-4,6-7,9H2,1H3,(H2,20,21,23). The molecule has 1 aromatic rings. The van der Waals surface area contributed by atoms with E-state index in [9.17, 15) is 18.0 Å². The number of hydrogen-bond acceptors (Lipinski definition) is 2. The summed E-state index contributed by atoms with van der Waals surface area (Å²) in [4.78, 5) is 12.0. The number of carbonyl (C=O) groups is 1. The number of aliphatic hydroxyl groups is 1. The molecule has 1 aliphatic rings. The van der Waals surface area contributed by atoms with Crippen LogP contribution >= 0.6 is 0 Å². The van der Waals surface area contributed by atoms with Gasteiger partial charge in [0.15, 0.2) is 0 Å². The van der Waals surface area contributed by atoms with E-state index in [2.05, 4.69) is 10.6 Å². The van der Waals surface area contributed by atoms with Crippen molar-refractivity contribution in [2.45, 2.75) is 44.8 Å². The number of alkyl halides is 3. The van der Waals surface area contributed by atoms with E-state index < -0.39 is 17.8 Å². The SMILES string of the molecule is Cc1ccc(C(F)(F)F)cc1NC(=O)NC1CCC(CO)CC1. The number of carbonyl (C=O) groups excluding carboxylic acids is 1. The van der Waals surface area contributed by atoms with Crippen LogP contribution in [-0.4, -0.2) is 23.8 Å². The zero-order chi connectivity index (χ0) is 17.0. The number of hydrogen-bond donors (Lipinski definition) is 3. The molecule has 1 fully saturated rings. The van der Waals surface area contributed by atoms with Crippen molar-refractivity contribution in [3.8, 4) is 0 Å². The molecular weight excluding hydrogens is 309 g/mol. The predicted octanol–water partition coefficient (Wildman–Crippen LogP) is 3.69. The van der Waals surface area contributed by atoms with Crippen molar-refractivity contribution < 1.29 is 23.1 Å². The quantitative estimate of drug-likeness (QED) is 0.791. The van der Waals surface area contributed by atoms with E-state index in [-0.39, 0.29) is 24.3 Å². The summed E-state index contributed by atoms with van der Waals surface area (Å²) < 4.78 is 38.2. The number of urea groups is 1. The summed E-state index contributed by atoms with van der Waals surface area (Å²) in [6.07, 6.45) is -1.24. The van der Waals surface area contributed by atoms with Crippen molar-refractivity contribution in [1.82, 2.24) is 5.32 Å². The van der Waals surface area contributed by atoms with Crippen molar-refractivity contribution in [2.75, 3.05) is 11.9 Å². The first kappa shape index (κ1) is 17.6. The van der Waals surface area contributed by atoms with Crippen molar-refractivity contribution in [1.29, 1.82) is 0 Å². The van der Waals surface area contributed by atoms with E-state index in [1.807, 2.05) is 0 Å². The average Bonchev–Trinajstić information content (AvgIpc) is 2.49. The summed E-state index contributed by atoms with van der Waals surface area (Å²) in [7, 11) is 0. The van der Waals surface area contributed by atoms with E-state index >= 15 is 0 Å². The maximum Gasteiger partial charge on any atom is 0.416 e. The first-order valence-electron chi connectivity index (χ1n) is 7.66. The van der Waals surface area contributed by atoms with E-state index in [1.165, 1.54) is 6.07 Å². The number of nitrogens with one attached hydrogen (secondary N) is 2. The molecule has 0 aromatic heterocycles. The molecule has 1 aliphatic carbocycles. The minimum absolute atomic E-state index is 0.0103. The Labute approximate surface area is 133 Å². The van der Waals surface area contributed by atoms with Crippen molar-refractivity contribution in [3.63, 3.8) is 0 Å². The van der Waals surface area contributed by atoms with Crippen LogP contribution in [0.15, 0.2) is 18.2 Å². The van der Waals surface area contributed by atoms with Gasteiger partial charge in [-0.25, -0.2) is 4.79 Å². The van der Waals surface area contributed by atoms with Crippen LogP contribution in [-0.2, 0) is 6.18 Å². The Morgan fingerprint density at radius 3 is 2.48 bits per heavy atom. The highest BCUT2D eigenvalue weighted by molar-refractivity contribution is 5.90. The van der Waals surface area contributed by atoms with Gasteiger partial charge in [0, 0.05) is 18.3 Å². The van der Waals surface area contributed by atoms with Crippen LogP contribution in [0.4, 0.5) is 23.7 Å². The highest BCUT2D eigenvalue weighted by Gasteiger charge is 2.31. The lowest BCUT2D eigenvalue weighted by Crippen LogP contribution is -2.40. The third-order valence-electron chi connectivity index (χ3n) is 4.25. The van der Waals surface area contributed by atoms with Crippen LogP contribution in [0.2, 0.25) is 0 Å². The molecule has 0 radical (unpaired) electrons. The first-order chi connectivity index (χ1) is 10.8. The summed E-state index contributed by atoms with van der Waals surface area (Å²) in [5.41, 5.74) is -0.0691. The third kappa shape index (κ3) is 4.86. The van der Waals surface area contributed by atoms with Crippen LogP contribution in [0.5, 0.6) is 0 Å². The number of benzene rings is 1. The Morgan fingerprint density at radius 2 is 1.91 bits per heavy atom. The lowest BCUT2D eigenvalue weighted by Gasteiger charge is -2.28. The topological polar surface area (TPSA) is 61.4 Å². The number of anilines is 1. The molecule has 4 nitrogen and oxygen atoms in total. The van der Waals surface area contributed by atoms with E-state index in [0.717, 1.165) is 37.8 Å². The monoisotopic (exact) mass is 330 g/mol. The zero-order valence-electron chi connectivity index (χ0n) is 12.9. The van der Waals surface area contributed by atoms with Gasteiger partial charge in [-0.05, 0) is 56.2 Å². The molecule has 128 valence electrons. The van der Waals surface area contributed by atoms with Gasteiger partial charge in [0.25, 0.3) is 0 Å². The Balaban J connectivity index is 1.95. The molecule has 1 aromatic carbocycles. The highest BCUT2D eigenvalue weighted by Crippen LogP contribution is 2.32. The minimum atomic E-state index is -4.44. The fourth-order valence-electron chi connectivity index (χ4n) is 2.77. The van der Waals surface area contributed by atoms with Gasteiger partial charge in [-0.15, -0.1) is 0 Å². The van der Waals surface area contributed by atoms with Crippen LogP contribution in [0.3, 0.4) is 0 Å². The van der Waals surface area contributed by atoms with E-state index in [0.29, 0.717) is 5.56 Å². The fourth-order valence-corrected chi connectivity index (χ4v) is 2.77. The Morgan fingerprint density at radius 1 is 1.26 bits per heavy atom. The van der Waals surface area contributed by atoms with Crippen LogP contribution in [0, 0.1) is 12.8 Å². The summed E-state index contributed by atoms with van der Waals surface area (Å²) in [5.74, 6) is 0.279. The lowest BCUT2D eigenvalue weighted by molar-refractivity contribution is -0.137. The summed E-state index contributed by atoms with van der Waals surface area (Å²) in [6.45, 7) is 1.80. The summed E-state index contributed by atoms with van der Waals surface area (Å²) in [5, 5.41) is 14.4. The molecule has 3 N–H and O–H groups in total. The van der Waals surface area contributed by atoms with Crippen LogP contribution < -0.4 is 10.6 Å². The fraction of sp³-hybridized carbons (Fsp3) is 0.562. The second-order valence-corrected chi connectivity index (χ2v) is 6.03. The molecule has 0 spiro atoms. The molecule has 7 heteroatoms. The largest absolute Gasteiger partial charge is 0.416 e. The summed E-state index contributed by atoms with van der Waals surface area (Å²) in [6, 6.07) is 2.76. The predicted molar refractivity (Wildman–Crippen MR) is 81.2 cm³/mol. The van der Waals surface area contributed by atoms with Gasteiger partial charge in [0.05, 0.1) is 5.56 Å². The molecule has 2 amide bonds. The van der Waals surface area contributed by atoms with E-state index in [1.54, 1.807) is 6.92 Å². The molecule has 23 heavy (non-hydrogen) atoms. The summed E-state index contributed by atoms with van der Waals surface area (Å²) >= 11 is 0. The average molecular weight is 330 g/mol. The normalized spacial score (nSPS) is 21.8. The number of rotatable bonds is 3. The Bertz CT molecular complexity index is 553. The van der Waals surface area contributed by atoms with Crippen molar-refractivity contribution in [2.24, 2.45) is 5.92 Å². The number of aliphatic hydroxyl groups excluding tert-OH is 1. The van der Waals surface area contributed by atoms with Gasteiger partial charge in [0.1, 0.15) is 0 Å². The molecule has 0 unspecified atom stereocenters. The molecule has 0 bridgehead atoms. The minimum Gasteiger partial charge on any atom is -0.396 e. The first-order valence-corrected chi connectivity index (χ1v) is 7.66. The van der Waals surface area contributed by atoms with Crippen molar-refractivity contribution in [3.05, 3.63) is 29.3 Å². The molecule has 1 saturated carbocycles. The highest BCUT2D eigenvalue weighted by atomic mass is 19.4. The number of aryl methyl sites for hydroxylation is 1. The van der Waals surface area contributed by atoms with Crippen LogP contribution in [0.1, 0.15) is 36.8 Å².